The van der Waals surface area contributed by atoms with E-state index in [0.29, 0.717) is 22.3 Å². The molecule has 6 heteroatoms. The normalized spacial score (nSPS) is 12.1. The highest BCUT2D eigenvalue weighted by Gasteiger charge is 2.12. The Bertz CT molecular complexity index is 963. The number of nitrogens with one attached hydrogen (secondary N) is 1. The number of amides is 1. The first-order valence-electron chi connectivity index (χ1n) is 7.79. The molecular weight excluding hydrogens is 322 g/mol. The van der Waals surface area contributed by atoms with E-state index < -0.39 is 24.2 Å². The van der Waals surface area contributed by atoms with Crippen molar-refractivity contribution in [1.82, 2.24) is 5.32 Å². The summed E-state index contributed by atoms with van der Waals surface area (Å²) in [5.74, 6) is -0.403. The molecule has 1 amide bonds. The Labute approximate surface area is 143 Å². The van der Waals surface area contributed by atoms with Crippen molar-refractivity contribution < 1.29 is 19.4 Å². The summed E-state index contributed by atoms with van der Waals surface area (Å²) < 4.78 is 5.32. The first kappa shape index (κ1) is 16.9. The Morgan fingerprint density at radius 3 is 2.72 bits per heavy atom. The average molecular weight is 339 g/mol. The van der Waals surface area contributed by atoms with E-state index in [0.717, 1.165) is 5.39 Å². The number of hydrogen-bond acceptors (Lipinski definition) is 5. The van der Waals surface area contributed by atoms with E-state index in [1.54, 1.807) is 42.5 Å². The zero-order chi connectivity index (χ0) is 17.8. The van der Waals surface area contributed by atoms with Crippen LogP contribution in [0.5, 0.6) is 0 Å². The zero-order valence-electron chi connectivity index (χ0n) is 13.3. The highest BCUT2D eigenvalue weighted by atomic mass is 16.4. The van der Waals surface area contributed by atoms with Gasteiger partial charge in [0.2, 0.25) is 0 Å². The quantitative estimate of drug-likeness (QED) is 0.612. The summed E-state index contributed by atoms with van der Waals surface area (Å²) in [6, 6.07) is 15.5. The minimum atomic E-state index is -1.01. The van der Waals surface area contributed by atoms with Crippen LogP contribution < -0.4 is 10.9 Å². The second-order valence-electron chi connectivity index (χ2n) is 5.61. The van der Waals surface area contributed by atoms with Crippen molar-refractivity contribution in [2.45, 2.75) is 6.10 Å². The zero-order valence-corrected chi connectivity index (χ0v) is 13.3. The van der Waals surface area contributed by atoms with Crippen LogP contribution in [0, 0.1) is 0 Å². The molecule has 0 saturated heterocycles. The van der Waals surface area contributed by atoms with E-state index in [1.165, 1.54) is 0 Å². The maximum atomic E-state index is 12.2. The summed E-state index contributed by atoms with van der Waals surface area (Å²) in [4.78, 5) is 24.4. The molecule has 0 radical (unpaired) electrons. The highest BCUT2D eigenvalue weighted by molar-refractivity contribution is 5.95. The van der Waals surface area contributed by atoms with Gasteiger partial charge >= 0.3 is 5.63 Å². The fourth-order valence-corrected chi connectivity index (χ4v) is 2.47. The molecule has 0 aliphatic carbocycles. The van der Waals surface area contributed by atoms with Gasteiger partial charge in [-0.1, -0.05) is 30.3 Å². The van der Waals surface area contributed by atoms with Crippen LogP contribution in [0.25, 0.3) is 22.1 Å². The van der Waals surface area contributed by atoms with Crippen molar-refractivity contribution in [1.29, 1.82) is 0 Å². The number of para-hydroxylation sites is 1. The largest absolute Gasteiger partial charge is 0.422 e. The van der Waals surface area contributed by atoms with Crippen LogP contribution in [-0.2, 0) is 0 Å². The molecule has 3 rings (SSSR count). The molecule has 128 valence electrons. The van der Waals surface area contributed by atoms with E-state index in [1.807, 2.05) is 12.1 Å². The topological polar surface area (TPSA) is 99.8 Å². The SMILES string of the molecule is O=C(NC[C@H](O)CO)c1cccc(-c2cc3ccccc3oc2=O)c1. The third kappa shape index (κ3) is 3.76. The Morgan fingerprint density at radius 2 is 1.92 bits per heavy atom. The Hall–Kier alpha value is -2.96. The van der Waals surface area contributed by atoms with E-state index in [9.17, 15) is 14.7 Å². The van der Waals surface area contributed by atoms with Crippen LogP contribution in [0.2, 0.25) is 0 Å². The van der Waals surface area contributed by atoms with Gasteiger partial charge < -0.3 is 19.9 Å². The molecule has 0 bridgehead atoms. The van der Waals surface area contributed by atoms with E-state index in [4.69, 9.17) is 9.52 Å². The minimum Gasteiger partial charge on any atom is -0.422 e. The van der Waals surface area contributed by atoms with Crippen LogP contribution in [0.3, 0.4) is 0 Å². The fraction of sp³-hybridized carbons (Fsp3) is 0.158. The molecule has 0 saturated carbocycles. The van der Waals surface area contributed by atoms with Crippen LogP contribution in [0.1, 0.15) is 10.4 Å². The minimum absolute atomic E-state index is 0.0579. The average Bonchev–Trinajstić information content (AvgIpc) is 2.65. The molecule has 6 nitrogen and oxygen atoms in total. The monoisotopic (exact) mass is 339 g/mol. The number of benzene rings is 2. The third-order valence-corrected chi connectivity index (χ3v) is 3.79. The summed E-state index contributed by atoms with van der Waals surface area (Å²) in [6.07, 6.45) is -1.01. The number of carbonyl (C=O) groups is 1. The van der Waals surface area contributed by atoms with Gasteiger partial charge in [0.25, 0.3) is 5.91 Å². The number of carbonyl (C=O) groups excluding carboxylic acids is 1. The molecule has 1 heterocycles. The Morgan fingerprint density at radius 1 is 1.12 bits per heavy atom. The number of aliphatic hydroxyl groups is 2. The highest BCUT2D eigenvalue weighted by Crippen LogP contribution is 2.21. The van der Waals surface area contributed by atoms with Gasteiger partial charge in [-0.2, -0.15) is 0 Å². The summed E-state index contributed by atoms with van der Waals surface area (Å²) in [5.41, 5.74) is 1.30. The number of aliphatic hydroxyl groups excluding tert-OH is 2. The lowest BCUT2D eigenvalue weighted by molar-refractivity contribution is 0.0802. The first-order valence-corrected chi connectivity index (χ1v) is 7.79. The van der Waals surface area contributed by atoms with Gasteiger partial charge in [0.15, 0.2) is 0 Å². The Balaban J connectivity index is 1.92. The molecule has 25 heavy (non-hydrogen) atoms. The first-order chi connectivity index (χ1) is 12.1. The maximum Gasteiger partial charge on any atom is 0.344 e. The molecule has 0 aliphatic heterocycles. The van der Waals surface area contributed by atoms with Crippen molar-refractivity contribution in [3.63, 3.8) is 0 Å². The van der Waals surface area contributed by atoms with Gasteiger partial charge in [0, 0.05) is 17.5 Å². The Kier molecular flexibility index (Phi) is 4.92. The molecule has 0 unspecified atom stereocenters. The lowest BCUT2D eigenvalue weighted by atomic mass is 10.0. The number of hydrogen-bond donors (Lipinski definition) is 3. The second-order valence-corrected chi connectivity index (χ2v) is 5.61. The molecule has 1 aromatic heterocycles. The molecule has 0 spiro atoms. The molecule has 3 N–H and O–H groups in total. The molecular formula is C19H17NO5. The van der Waals surface area contributed by atoms with Gasteiger partial charge in [-0.25, -0.2) is 4.79 Å². The van der Waals surface area contributed by atoms with Gasteiger partial charge in [-0.15, -0.1) is 0 Å². The smallest absolute Gasteiger partial charge is 0.344 e. The molecule has 0 fully saturated rings. The van der Waals surface area contributed by atoms with Crippen molar-refractivity contribution in [2.75, 3.05) is 13.2 Å². The van der Waals surface area contributed by atoms with Crippen molar-refractivity contribution in [3.8, 4) is 11.1 Å². The summed E-state index contributed by atoms with van der Waals surface area (Å²) in [7, 11) is 0. The second kappa shape index (κ2) is 7.29. The van der Waals surface area contributed by atoms with Crippen LogP contribution >= 0.6 is 0 Å². The lowest BCUT2D eigenvalue weighted by Gasteiger charge is -2.10. The number of fused-ring (bicyclic) bond motifs is 1. The van der Waals surface area contributed by atoms with Gasteiger partial charge in [0.05, 0.1) is 18.3 Å². The molecule has 0 aliphatic rings. The van der Waals surface area contributed by atoms with Crippen LogP contribution in [0.15, 0.2) is 63.8 Å². The van der Waals surface area contributed by atoms with E-state index in [-0.39, 0.29) is 6.54 Å². The molecule has 3 aromatic rings. The van der Waals surface area contributed by atoms with Crippen molar-refractivity contribution in [2.24, 2.45) is 0 Å². The van der Waals surface area contributed by atoms with E-state index >= 15 is 0 Å². The maximum absolute atomic E-state index is 12.2. The predicted octanol–water partition coefficient (Wildman–Crippen LogP) is 1.54. The third-order valence-electron chi connectivity index (χ3n) is 3.79. The molecule has 1 atom stereocenters. The number of rotatable bonds is 5. The summed E-state index contributed by atoms with van der Waals surface area (Å²) in [6.45, 7) is -0.490. The van der Waals surface area contributed by atoms with Crippen molar-refractivity contribution >= 4 is 16.9 Å². The van der Waals surface area contributed by atoms with Gasteiger partial charge in [-0.3, -0.25) is 4.79 Å². The van der Waals surface area contributed by atoms with Gasteiger partial charge in [0.1, 0.15) is 5.58 Å². The fourth-order valence-electron chi connectivity index (χ4n) is 2.47. The summed E-state index contributed by atoms with van der Waals surface area (Å²) >= 11 is 0. The van der Waals surface area contributed by atoms with Crippen molar-refractivity contribution in [3.05, 3.63) is 70.6 Å². The standard InChI is InChI=1S/C19H17NO5/c21-11-15(22)10-20-18(23)14-6-3-5-12(8-14)16-9-13-4-1-2-7-17(13)25-19(16)24/h1-9,15,21-22H,10-11H2,(H,20,23)/t15-/m0/s1. The van der Waals surface area contributed by atoms with E-state index in [2.05, 4.69) is 5.32 Å². The van der Waals surface area contributed by atoms with Crippen LogP contribution in [-0.4, -0.2) is 35.4 Å². The molecule has 2 aromatic carbocycles. The lowest BCUT2D eigenvalue weighted by Crippen LogP contribution is -2.33. The van der Waals surface area contributed by atoms with Gasteiger partial charge in [-0.05, 0) is 29.8 Å². The summed E-state index contributed by atoms with van der Waals surface area (Å²) in [5, 5.41) is 21.4. The van der Waals surface area contributed by atoms with Crippen LogP contribution in [0.4, 0.5) is 0 Å². The predicted molar refractivity (Wildman–Crippen MR) is 93.3 cm³/mol.